The van der Waals surface area contributed by atoms with E-state index in [4.69, 9.17) is 9.84 Å². The number of rotatable bonds is 5. The number of benzene rings is 1. The topological polar surface area (TPSA) is 77.2 Å². The normalized spacial score (nSPS) is 10.6. The predicted octanol–water partition coefficient (Wildman–Crippen LogP) is 2.43. The maximum absolute atomic E-state index is 10.6. The minimum Gasteiger partial charge on any atom is -0.497 e. The van der Waals surface area contributed by atoms with Crippen molar-refractivity contribution in [3.8, 4) is 17.1 Å². The van der Waals surface area contributed by atoms with Gasteiger partial charge in [-0.05, 0) is 18.2 Å². The van der Waals surface area contributed by atoms with Crippen LogP contribution in [-0.2, 0) is 11.8 Å². The van der Waals surface area contributed by atoms with Gasteiger partial charge in [-0.3, -0.25) is 4.79 Å². The van der Waals surface area contributed by atoms with Gasteiger partial charge in [0.1, 0.15) is 5.75 Å². The number of hydrogen-bond donors (Lipinski definition) is 1. The first-order valence-electron chi connectivity index (χ1n) is 5.61. The Morgan fingerprint density at radius 3 is 2.90 bits per heavy atom. The van der Waals surface area contributed by atoms with E-state index in [1.165, 1.54) is 0 Å². The molecule has 0 aliphatic rings. The third-order valence-electron chi connectivity index (χ3n) is 2.57. The molecular weight excluding hydrogens is 346 g/mol. The fraction of sp³-hybridized carbons (Fsp3) is 0.250. The van der Waals surface area contributed by atoms with Gasteiger partial charge in [0.2, 0.25) is 0 Å². The second-order valence-corrected chi connectivity index (χ2v) is 5.69. The van der Waals surface area contributed by atoms with E-state index in [0.717, 1.165) is 21.8 Å². The molecule has 0 aliphatic carbocycles. The summed E-state index contributed by atoms with van der Waals surface area (Å²) >= 11 is 4.59. The molecular formula is C12H12BrN3O3S. The van der Waals surface area contributed by atoms with Crippen molar-refractivity contribution in [3.05, 3.63) is 22.7 Å². The van der Waals surface area contributed by atoms with Gasteiger partial charge in [-0.15, -0.1) is 10.2 Å². The molecule has 0 unspecified atom stereocenters. The lowest BCUT2D eigenvalue weighted by Crippen LogP contribution is -2.01. The largest absolute Gasteiger partial charge is 0.497 e. The zero-order valence-corrected chi connectivity index (χ0v) is 13.2. The molecule has 0 spiro atoms. The van der Waals surface area contributed by atoms with Crippen LogP contribution in [-0.4, -0.2) is 38.7 Å². The molecule has 20 heavy (non-hydrogen) atoms. The molecule has 106 valence electrons. The average molecular weight is 358 g/mol. The van der Waals surface area contributed by atoms with E-state index in [1.54, 1.807) is 18.7 Å². The van der Waals surface area contributed by atoms with Crippen molar-refractivity contribution in [3.63, 3.8) is 0 Å². The van der Waals surface area contributed by atoms with Crippen LogP contribution in [0.25, 0.3) is 11.4 Å². The summed E-state index contributed by atoms with van der Waals surface area (Å²) in [6.45, 7) is 0. The number of carboxylic acids is 1. The van der Waals surface area contributed by atoms with Gasteiger partial charge in [0.05, 0.1) is 12.9 Å². The summed E-state index contributed by atoms with van der Waals surface area (Å²) in [4.78, 5) is 10.6. The summed E-state index contributed by atoms with van der Waals surface area (Å²) in [5.41, 5.74) is 0.835. The number of aromatic nitrogens is 3. The van der Waals surface area contributed by atoms with E-state index in [-0.39, 0.29) is 5.75 Å². The fourth-order valence-electron chi connectivity index (χ4n) is 1.60. The molecule has 0 atom stereocenters. The Morgan fingerprint density at radius 1 is 1.50 bits per heavy atom. The minimum absolute atomic E-state index is 0.0503. The van der Waals surface area contributed by atoms with Crippen molar-refractivity contribution < 1.29 is 14.6 Å². The van der Waals surface area contributed by atoms with Crippen molar-refractivity contribution >= 4 is 33.7 Å². The van der Waals surface area contributed by atoms with Crippen LogP contribution in [0.4, 0.5) is 0 Å². The molecule has 8 heteroatoms. The van der Waals surface area contributed by atoms with Crippen LogP contribution in [0.3, 0.4) is 0 Å². The number of carbonyl (C=O) groups is 1. The number of carboxylic acid groups (broad SMARTS) is 1. The van der Waals surface area contributed by atoms with Crippen molar-refractivity contribution in [2.24, 2.45) is 7.05 Å². The Balaban J connectivity index is 2.36. The molecule has 0 aliphatic heterocycles. The molecule has 2 rings (SSSR count). The van der Waals surface area contributed by atoms with E-state index in [9.17, 15) is 4.79 Å². The van der Waals surface area contributed by atoms with Gasteiger partial charge in [0.15, 0.2) is 11.0 Å². The Morgan fingerprint density at radius 2 is 2.25 bits per heavy atom. The summed E-state index contributed by atoms with van der Waals surface area (Å²) in [5, 5.41) is 17.4. The highest BCUT2D eigenvalue weighted by molar-refractivity contribution is 9.10. The van der Waals surface area contributed by atoms with E-state index in [2.05, 4.69) is 26.1 Å². The van der Waals surface area contributed by atoms with Gasteiger partial charge < -0.3 is 14.4 Å². The molecule has 0 radical (unpaired) electrons. The molecule has 0 saturated carbocycles. The molecule has 1 aromatic carbocycles. The van der Waals surface area contributed by atoms with E-state index in [1.807, 2.05) is 18.2 Å². The molecule has 0 bridgehead atoms. The van der Waals surface area contributed by atoms with E-state index < -0.39 is 5.97 Å². The number of methoxy groups -OCH3 is 1. The summed E-state index contributed by atoms with van der Waals surface area (Å²) in [6, 6.07) is 5.55. The molecule has 6 nitrogen and oxygen atoms in total. The van der Waals surface area contributed by atoms with Crippen molar-refractivity contribution in [1.29, 1.82) is 0 Å². The van der Waals surface area contributed by atoms with Gasteiger partial charge >= 0.3 is 5.97 Å². The number of thioether (sulfide) groups is 1. The van der Waals surface area contributed by atoms with Crippen LogP contribution in [0.15, 0.2) is 27.8 Å². The smallest absolute Gasteiger partial charge is 0.313 e. The zero-order chi connectivity index (χ0) is 14.7. The van der Waals surface area contributed by atoms with Crippen LogP contribution < -0.4 is 4.74 Å². The van der Waals surface area contributed by atoms with Gasteiger partial charge in [0.25, 0.3) is 0 Å². The van der Waals surface area contributed by atoms with Crippen LogP contribution in [0, 0.1) is 0 Å². The Bertz CT molecular complexity index is 645. The first-order chi connectivity index (χ1) is 9.52. The fourth-order valence-corrected chi connectivity index (χ4v) is 2.66. The van der Waals surface area contributed by atoms with Gasteiger partial charge in [-0.2, -0.15) is 0 Å². The van der Waals surface area contributed by atoms with Crippen LogP contribution in [0.5, 0.6) is 5.75 Å². The molecule has 0 saturated heterocycles. The lowest BCUT2D eigenvalue weighted by molar-refractivity contribution is -0.133. The van der Waals surface area contributed by atoms with E-state index >= 15 is 0 Å². The molecule has 1 heterocycles. The quantitative estimate of drug-likeness (QED) is 0.828. The number of nitrogens with zero attached hydrogens (tertiary/aromatic N) is 3. The Hall–Kier alpha value is -1.54. The van der Waals surface area contributed by atoms with Crippen LogP contribution in [0.1, 0.15) is 0 Å². The summed E-state index contributed by atoms with van der Waals surface area (Å²) in [7, 11) is 3.39. The van der Waals surface area contributed by atoms with Crippen LogP contribution in [0.2, 0.25) is 0 Å². The summed E-state index contributed by atoms with van der Waals surface area (Å²) in [6.07, 6.45) is 0. The monoisotopic (exact) mass is 357 g/mol. The SMILES string of the molecule is COc1ccc(Br)c(-c2nnc(SCC(=O)O)n2C)c1. The maximum atomic E-state index is 10.6. The second kappa shape index (κ2) is 6.27. The zero-order valence-electron chi connectivity index (χ0n) is 10.8. The second-order valence-electron chi connectivity index (χ2n) is 3.89. The Labute approximate surface area is 128 Å². The minimum atomic E-state index is -0.887. The predicted molar refractivity (Wildman–Crippen MR) is 79.1 cm³/mol. The number of halogens is 1. The molecule has 1 N–H and O–H groups in total. The van der Waals surface area contributed by atoms with Gasteiger partial charge in [-0.25, -0.2) is 0 Å². The molecule has 2 aromatic rings. The van der Waals surface area contributed by atoms with Gasteiger partial charge in [0, 0.05) is 17.1 Å². The standard InChI is InChI=1S/C12H12BrN3O3S/c1-16-11(14-15-12(16)20-6-10(17)18)8-5-7(19-2)3-4-9(8)13/h3-5H,6H2,1-2H3,(H,17,18). The summed E-state index contributed by atoms with van der Waals surface area (Å²) in [5.74, 6) is 0.419. The maximum Gasteiger partial charge on any atom is 0.313 e. The number of aliphatic carboxylic acids is 1. The molecule has 0 fully saturated rings. The molecule has 0 amide bonds. The third kappa shape index (κ3) is 3.13. The highest BCUT2D eigenvalue weighted by atomic mass is 79.9. The number of hydrogen-bond acceptors (Lipinski definition) is 5. The van der Waals surface area contributed by atoms with Gasteiger partial charge in [-0.1, -0.05) is 27.7 Å². The highest BCUT2D eigenvalue weighted by Gasteiger charge is 2.15. The van der Waals surface area contributed by atoms with E-state index in [0.29, 0.717) is 16.7 Å². The average Bonchev–Trinajstić information content (AvgIpc) is 2.78. The van der Waals surface area contributed by atoms with Crippen molar-refractivity contribution in [1.82, 2.24) is 14.8 Å². The van der Waals surface area contributed by atoms with Crippen LogP contribution >= 0.6 is 27.7 Å². The third-order valence-corrected chi connectivity index (χ3v) is 4.27. The first kappa shape index (κ1) is 14.9. The highest BCUT2D eigenvalue weighted by Crippen LogP contribution is 2.31. The lowest BCUT2D eigenvalue weighted by Gasteiger charge is -2.07. The van der Waals surface area contributed by atoms with Crippen molar-refractivity contribution in [2.75, 3.05) is 12.9 Å². The molecule has 1 aromatic heterocycles. The number of ether oxygens (including phenoxy) is 1. The van der Waals surface area contributed by atoms with Crippen molar-refractivity contribution in [2.45, 2.75) is 5.16 Å². The summed E-state index contributed by atoms with van der Waals surface area (Å²) < 4.78 is 7.82. The first-order valence-corrected chi connectivity index (χ1v) is 7.38. The lowest BCUT2D eigenvalue weighted by atomic mass is 10.2. The Kier molecular flexibility index (Phi) is 4.66.